The number of halogens is 1. The van der Waals surface area contributed by atoms with Crippen molar-refractivity contribution in [2.24, 2.45) is 16.9 Å². The molecular formula is C27H42FN5. The van der Waals surface area contributed by atoms with Gasteiger partial charge in [0.2, 0.25) is 0 Å². The van der Waals surface area contributed by atoms with Crippen molar-refractivity contribution in [3.05, 3.63) is 60.1 Å². The molecule has 33 heavy (non-hydrogen) atoms. The third-order valence-corrected chi connectivity index (χ3v) is 7.01. The fourth-order valence-electron chi connectivity index (χ4n) is 5.17. The minimum absolute atomic E-state index is 0.0233. The molecule has 182 valence electrons. The van der Waals surface area contributed by atoms with Crippen LogP contribution in [0.2, 0.25) is 0 Å². The molecule has 0 amide bonds. The monoisotopic (exact) mass is 455 g/mol. The Balaban J connectivity index is 1.92. The van der Waals surface area contributed by atoms with Crippen LogP contribution in [0.4, 0.5) is 4.39 Å². The molecule has 3 rings (SSSR count). The van der Waals surface area contributed by atoms with Crippen LogP contribution in [0.25, 0.3) is 0 Å². The van der Waals surface area contributed by atoms with E-state index in [1.807, 2.05) is 31.3 Å². The van der Waals surface area contributed by atoms with E-state index < -0.39 is 0 Å². The molecule has 1 aliphatic carbocycles. The predicted molar refractivity (Wildman–Crippen MR) is 138 cm³/mol. The smallest absolute Gasteiger partial charge is 0.148 e. The topological polar surface area (TPSA) is 34.1 Å². The summed E-state index contributed by atoms with van der Waals surface area (Å²) in [5.41, 5.74) is 3.32. The maximum Gasteiger partial charge on any atom is 0.148 e. The molecule has 0 spiro atoms. The van der Waals surface area contributed by atoms with E-state index in [-0.39, 0.29) is 17.7 Å². The summed E-state index contributed by atoms with van der Waals surface area (Å²) in [5.74, 6) is 1.14. The van der Waals surface area contributed by atoms with Gasteiger partial charge in [0.25, 0.3) is 0 Å². The fourth-order valence-corrected chi connectivity index (χ4v) is 5.17. The maximum atomic E-state index is 15.3. The number of hydrogen-bond acceptors (Lipinski definition) is 4. The minimum Gasteiger partial charge on any atom is -0.374 e. The van der Waals surface area contributed by atoms with Crippen LogP contribution in [0.3, 0.4) is 0 Å². The van der Waals surface area contributed by atoms with E-state index in [9.17, 15) is 0 Å². The van der Waals surface area contributed by atoms with Crippen molar-refractivity contribution in [1.29, 1.82) is 0 Å². The molecule has 2 aliphatic heterocycles. The summed E-state index contributed by atoms with van der Waals surface area (Å²) in [6, 6.07) is 0. The molecule has 3 aliphatic rings. The summed E-state index contributed by atoms with van der Waals surface area (Å²) in [4.78, 5) is 4.73. The lowest BCUT2D eigenvalue weighted by Gasteiger charge is -2.34. The zero-order valence-corrected chi connectivity index (χ0v) is 20.8. The average Bonchev–Trinajstić information content (AvgIpc) is 3.20. The third-order valence-electron chi connectivity index (χ3n) is 7.01. The largest absolute Gasteiger partial charge is 0.374 e. The van der Waals surface area contributed by atoms with Crippen LogP contribution in [-0.4, -0.2) is 74.0 Å². The van der Waals surface area contributed by atoms with E-state index in [0.29, 0.717) is 0 Å². The van der Waals surface area contributed by atoms with Crippen LogP contribution in [0.15, 0.2) is 65.2 Å². The van der Waals surface area contributed by atoms with E-state index >= 15 is 4.39 Å². The number of amidine groups is 1. The molecule has 0 radical (unpaired) electrons. The van der Waals surface area contributed by atoms with Gasteiger partial charge in [-0.2, -0.15) is 5.10 Å². The van der Waals surface area contributed by atoms with E-state index in [1.165, 1.54) is 12.0 Å². The van der Waals surface area contributed by atoms with Gasteiger partial charge in [0, 0.05) is 64.4 Å². The zero-order chi connectivity index (χ0) is 23.8. The van der Waals surface area contributed by atoms with Crippen molar-refractivity contribution in [2.45, 2.75) is 39.0 Å². The lowest BCUT2D eigenvalue weighted by molar-refractivity contribution is 0.271. The Kier molecular flexibility index (Phi) is 9.36. The van der Waals surface area contributed by atoms with Crippen molar-refractivity contribution in [3.63, 3.8) is 0 Å². The number of rotatable bonds is 7. The molecule has 2 saturated heterocycles. The van der Waals surface area contributed by atoms with E-state index in [0.717, 1.165) is 82.1 Å². The van der Waals surface area contributed by atoms with Gasteiger partial charge >= 0.3 is 0 Å². The Morgan fingerprint density at radius 1 is 1.21 bits per heavy atom. The first-order valence-electron chi connectivity index (χ1n) is 12.5. The van der Waals surface area contributed by atoms with E-state index in [4.69, 9.17) is 5.10 Å². The maximum absolute atomic E-state index is 15.3. The summed E-state index contributed by atoms with van der Waals surface area (Å²) in [5, 5.41) is 10.1. The van der Waals surface area contributed by atoms with Crippen LogP contribution in [0.5, 0.6) is 0 Å². The highest BCUT2D eigenvalue weighted by Crippen LogP contribution is 2.41. The molecule has 1 unspecified atom stereocenters. The van der Waals surface area contributed by atoms with E-state index in [1.54, 1.807) is 12.2 Å². The number of nitrogens with zero attached hydrogens (tertiary/aromatic N) is 4. The minimum atomic E-state index is -0.0233. The SMILES string of the molecule is C=C/C=C\C(=N/N(C)C)N1CC(C2=C(F)C=C(CC)CC2)[C@H](C(=C)N2CCCCNCC2)C1. The Morgan fingerprint density at radius 2 is 2.03 bits per heavy atom. The summed E-state index contributed by atoms with van der Waals surface area (Å²) in [6.07, 6.45) is 12.5. The van der Waals surface area contributed by atoms with Crippen molar-refractivity contribution < 1.29 is 4.39 Å². The third kappa shape index (κ3) is 6.59. The highest BCUT2D eigenvalue weighted by atomic mass is 19.1. The van der Waals surface area contributed by atoms with Gasteiger partial charge in [-0.1, -0.05) is 37.8 Å². The van der Waals surface area contributed by atoms with Gasteiger partial charge in [-0.3, -0.25) is 0 Å². The van der Waals surface area contributed by atoms with Gasteiger partial charge in [0.15, 0.2) is 0 Å². The second-order valence-electron chi connectivity index (χ2n) is 9.48. The Bertz CT molecular complexity index is 814. The van der Waals surface area contributed by atoms with Crippen molar-refractivity contribution in [1.82, 2.24) is 20.1 Å². The van der Waals surface area contributed by atoms with Crippen molar-refractivity contribution in [3.8, 4) is 0 Å². The number of likely N-dealkylation sites (tertiary alicyclic amines) is 1. The molecule has 1 N–H and O–H groups in total. The molecule has 2 atom stereocenters. The Morgan fingerprint density at radius 3 is 2.73 bits per heavy atom. The molecule has 6 heteroatoms. The summed E-state index contributed by atoms with van der Waals surface area (Å²) in [6.45, 7) is 16.1. The van der Waals surface area contributed by atoms with Gasteiger partial charge in [-0.15, -0.1) is 0 Å². The normalized spacial score (nSPS) is 25.2. The number of allylic oxidation sites excluding steroid dienone is 5. The van der Waals surface area contributed by atoms with Crippen LogP contribution < -0.4 is 5.32 Å². The number of hydrazone groups is 1. The van der Waals surface area contributed by atoms with E-state index in [2.05, 4.69) is 35.2 Å². The lowest BCUT2D eigenvalue weighted by Crippen LogP contribution is -2.38. The van der Waals surface area contributed by atoms with Gasteiger partial charge in [0.05, 0.1) is 0 Å². The molecule has 2 fully saturated rings. The molecule has 0 bridgehead atoms. The van der Waals surface area contributed by atoms with Gasteiger partial charge < -0.3 is 20.1 Å². The number of nitrogens with one attached hydrogen (secondary N) is 1. The first-order chi connectivity index (χ1) is 15.9. The van der Waals surface area contributed by atoms with Gasteiger partial charge in [0.1, 0.15) is 11.7 Å². The Labute approximate surface area is 200 Å². The van der Waals surface area contributed by atoms with Gasteiger partial charge in [-0.25, -0.2) is 4.39 Å². The molecule has 5 nitrogen and oxygen atoms in total. The second-order valence-corrected chi connectivity index (χ2v) is 9.48. The standard InChI is InChI=1S/C27H42FN5/c1-6-8-11-27(30-31(4)5)33-19-24(21(3)32-16-10-9-14-29-15-17-32)25(20-33)23-13-12-22(7-2)18-26(23)28/h6,8,11,18,24-25,29H,1,3,7,9-10,12-17,19-20H2,2,4-5H3/b11-8-,30-27+/t24-,25?/m0/s1. The summed E-state index contributed by atoms with van der Waals surface area (Å²) >= 11 is 0. The number of hydrogen-bond donors (Lipinski definition) is 1. The van der Waals surface area contributed by atoms with Crippen LogP contribution in [0.1, 0.15) is 39.0 Å². The molecule has 0 saturated carbocycles. The van der Waals surface area contributed by atoms with Crippen LogP contribution >= 0.6 is 0 Å². The molecule has 0 aromatic carbocycles. The molecule has 0 aromatic rings. The first kappa shape index (κ1) is 25.3. The molecule has 0 aromatic heterocycles. The lowest BCUT2D eigenvalue weighted by atomic mass is 9.80. The molecule has 2 heterocycles. The fraction of sp³-hybridized carbons (Fsp3) is 0.593. The van der Waals surface area contributed by atoms with Crippen molar-refractivity contribution >= 4 is 5.84 Å². The highest BCUT2D eigenvalue weighted by Gasteiger charge is 2.40. The average molecular weight is 456 g/mol. The van der Waals surface area contributed by atoms with Gasteiger partial charge in [-0.05, 0) is 56.4 Å². The highest BCUT2D eigenvalue weighted by molar-refractivity contribution is 5.93. The summed E-state index contributed by atoms with van der Waals surface area (Å²) < 4.78 is 15.3. The van der Waals surface area contributed by atoms with Crippen molar-refractivity contribution in [2.75, 3.05) is 53.4 Å². The van der Waals surface area contributed by atoms with Crippen LogP contribution in [0, 0.1) is 11.8 Å². The second kappa shape index (κ2) is 12.2. The Hall–Kier alpha value is -2.34. The summed E-state index contributed by atoms with van der Waals surface area (Å²) in [7, 11) is 3.86. The first-order valence-corrected chi connectivity index (χ1v) is 12.5. The predicted octanol–water partition coefficient (Wildman–Crippen LogP) is 4.70. The zero-order valence-electron chi connectivity index (χ0n) is 20.8. The molecular weight excluding hydrogens is 413 g/mol. The van der Waals surface area contributed by atoms with Crippen LogP contribution in [-0.2, 0) is 0 Å². The quantitative estimate of drug-likeness (QED) is 0.261.